The van der Waals surface area contributed by atoms with Crippen LogP contribution in [-0.2, 0) is 4.79 Å². The van der Waals surface area contributed by atoms with E-state index in [1.165, 1.54) is 25.7 Å². The van der Waals surface area contributed by atoms with Gasteiger partial charge in [0.1, 0.15) is 5.41 Å². The molecular formula is C14H22N2O. The predicted molar refractivity (Wildman–Crippen MR) is 66.1 cm³/mol. The van der Waals surface area contributed by atoms with Crippen LogP contribution in [0.15, 0.2) is 0 Å². The second kappa shape index (κ2) is 4.68. The molecule has 2 fully saturated rings. The quantitative estimate of drug-likeness (QED) is 0.700. The van der Waals surface area contributed by atoms with Gasteiger partial charge in [-0.2, -0.15) is 5.26 Å². The predicted octanol–water partition coefficient (Wildman–Crippen LogP) is 2.72. The highest BCUT2D eigenvalue weighted by molar-refractivity contribution is 5.85. The summed E-state index contributed by atoms with van der Waals surface area (Å²) in [5.74, 6) is 0.729. The van der Waals surface area contributed by atoms with E-state index >= 15 is 0 Å². The molecule has 1 aliphatic heterocycles. The summed E-state index contributed by atoms with van der Waals surface area (Å²) in [5, 5.41) is 9.09. The van der Waals surface area contributed by atoms with Gasteiger partial charge in [0.25, 0.3) is 0 Å². The van der Waals surface area contributed by atoms with Crippen LogP contribution in [0.3, 0.4) is 0 Å². The van der Waals surface area contributed by atoms with Crippen LogP contribution in [0.1, 0.15) is 52.4 Å². The van der Waals surface area contributed by atoms with Crippen molar-refractivity contribution >= 4 is 5.91 Å². The minimum absolute atomic E-state index is 0.0385. The second-order valence-corrected chi connectivity index (χ2v) is 5.99. The normalized spacial score (nSPS) is 29.4. The number of amides is 1. The third kappa shape index (κ3) is 2.31. The Kier molecular flexibility index (Phi) is 3.42. The van der Waals surface area contributed by atoms with Crippen molar-refractivity contribution in [2.45, 2.75) is 58.4 Å². The fourth-order valence-corrected chi connectivity index (χ4v) is 3.28. The van der Waals surface area contributed by atoms with Gasteiger partial charge in [-0.1, -0.05) is 12.8 Å². The number of piperidine rings is 1. The van der Waals surface area contributed by atoms with Crippen LogP contribution in [0.25, 0.3) is 0 Å². The van der Waals surface area contributed by atoms with Crippen molar-refractivity contribution < 1.29 is 4.79 Å². The van der Waals surface area contributed by atoms with Gasteiger partial charge in [0, 0.05) is 12.6 Å². The van der Waals surface area contributed by atoms with Crippen molar-refractivity contribution in [3.05, 3.63) is 0 Å². The number of hydrogen-bond donors (Lipinski definition) is 0. The van der Waals surface area contributed by atoms with Crippen LogP contribution in [0.4, 0.5) is 0 Å². The van der Waals surface area contributed by atoms with Crippen molar-refractivity contribution in [1.82, 2.24) is 4.90 Å². The third-order valence-electron chi connectivity index (χ3n) is 4.32. The van der Waals surface area contributed by atoms with Crippen molar-refractivity contribution in [3.8, 4) is 6.07 Å². The first-order valence-electron chi connectivity index (χ1n) is 6.78. The van der Waals surface area contributed by atoms with Crippen LogP contribution in [0.5, 0.6) is 0 Å². The molecule has 0 aromatic heterocycles. The number of nitriles is 1. The Labute approximate surface area is 104 Å². The first-order valence-corrected chi connectivity index (χ1v) is 6.78. The lowest BCUT2D eigenvalue weighted by Crippen LogP contribution is -2.53. The molecule has 94 valence electrons. The summed E-state index contributed by atoms with van der Waals surface area (Å²) in [6.45, 7) is 4.33. The maximum Gasteiger partial charge on any atom is 0.242 e. The lowest BCUT2D eigenvalue weighted by Gasteiger charge is -2.45. The van der Waals surface area contributed by atoms with E-state index in [2.05, 4.69) is 6.07 Å². The van der Waals surface area contributed by atoms with E-state index in [-0.39, 0.29) is 5.91 Å². The van der Waals surface area contributed by atoms with Gasteiger partial charge in [0.2, 0.25) is 5.91 Å². The van der Waals surface area contributed by atoms with E-state index in [1.807, 2.05) is 4.90 Å². The maximum absolute atomic E-state index is 12.4. The highest BCUT2D eigenvalue weighted by Gasteiger charge is 2.40. The molecule has 0 radical (unpaired) electrons. The molecule has 17 heavy (non-hydrogen) atoms. The topological polar surface area (TPSA) is 44.1 Å². The molecule has 0 aromatic rings. The lowest BCUT2D eigenvalue weighted by atomic mass is 9.77. The Morgan fingerprint density at radius 2 is 1.88 bits per heavy atom. The summed E-state index contributed by atoms with van der Waals surface area (Å²) >= 11 is 0. The van der Waals surface area contributed by atoms with Gasteiger partial charge >= 0.3 is 0 Å². The summed E-state index contributed by atoms with van der Waals surface area (Å²) in [5.41, 5.74) is -0.862. The van der Waals surface area contributed by atoms with Crippen LogP contribution < -0.4 is 0 Å². The number of carbonyl (C=O) groups is 1. The zero-order valence-electron chi connectivity index (χ0n) is 10.9. The van der Waals surface area contributed by atoms with Crippen LogP contribution in [-0.4, -0.2) is 23.4 Å². The molecule has 2 aliphatic rings. The van der Waals surface area contributed by atoms with E-state index in [1.54, 1.807) is 13.8 Å². The van der Waals surface area contributed by atoms with Gasteiger partial charge in [0.15, 0.2) is 0 Å². The highest BCUT2D eigenvalue weighted by atomic mass is 16.2. The smallest absolute Gasteiger partial charge is 0.242 e. The number of fused-ring (bicyclic) bond motifs is 1. The Morgan fingerprint density at radius 1 is 1.24 bits per heavy atom. The van der Waals surface area contributed by atoms with Gasteiger partial charge in [-0.25, -0.2) is 0 Å². The molecule has 1 aliphatic carbocycles. The Morgan fingerprint density at radius 3 is 2.59 bits per heavy atom. The van der Waals surface area contributed by atoms with Gasteiger partial charge in [-0.05, 0) is 45.4 Å². The molecule has 1 amide bonds. The van der Waals surface area contributed by atoms with E-state index < -0.39 is 5.41 Å². The summed E-state index contributed by atoms with van der Waals surface area (Å²) in [6.07, 6.45) is 7.32. The first kappa shape index (κ1) is 12.4. The monoisotopic (exact) mass is 234 g/mol. The number of likely N-dealkylation sites (tertiary alicyclic amines) is 1. The van der Waals surface area contributed by atoms with Gasteiger partial charge in [-0.3, -0.25) is 4.79 Å². The molecule has 0 N–H and O–H groups in total. The molecule has 0 spiro atoms. The van der Waals surface area contributed by atoms with Crippen LogP contribution >= 0.6 is 0 Å². The fourth-order valence-electron chi connectivity index (χ4n) is 3.28. The first-order chi connectivity index (χ1) is 8.06. The minimum atomic E-state index is -0.862. The van der Waals surface area contributed by atoms with Crippen molar-refractivity contribution in [3.63, 3.8) is 0 Å². The van der Waals surface area contributed by atoms with Crippen molar-refractivity contribution in [2.24, 2.45) is 11.3 Å². The van der Waals surface area contributed by atoms with Crippen molar-refractivity contribution in [1.29, 1.82) is 5.26 Å². The zero-order chi connectivity index (χ0) is 12.5. The third-order valence-corrected chi connectivity index (χ3v) is 4.32. The molecule has 1 heterocycles. The Hall–Kier alpha value is -1.04. The van der Waals surface area contributed by atoms with E-state index in [9.17, 15) is 4.79 Å². The molecule has 2 rings (SSSR count). The summed E-state index contributed by atoms with van der Waals surface area (Å²) < 4.78 is 0. The highest BCUT2D eigenvalue weighted by Crippen LogP contribution is 2.37. The minimum Gasteiger partial charge on any atom is -0.338 e. The average molecular weight is 234 g/mol. The fraction of sp³-hybridized carbons (Fsp3) is 0.857. The summed E-state index contributed by atoms with van der Waals surface area (Å²) in [4.78, 5) is 14.4. The number of nitrogens with zero attached hydrogens (tertiary/aromatic N) is 2. The molecule has 0 unspecified atom stereocenters. The second-order valence-electron chi connectivity index (χ2n) is 5.99. The van der Waals surface area contributed by atoms with E-state index in [4.69, 9.17) is 5.26 Å². The molecule has 1 saturated heterocycles. The Balaban J connectivity index is 2.14. The van der Waals surface area contributed by atoms with Crippen LogP contribution in [0.2, 0.25) is 0 Å². The molecule has 1 saturated carbocycles. The molecule has 0 bridgehead atoms. The molecule has 3 nitrogen and oxygen atoms in total. The molecule has 0 aromatic carbocycles. The largest absolute Gasteiger partial charge is 0.338 e. The van der Waals surface area contributed by atoms with Gasteiger partial charge in [0.05, 0.1) is 6.07 Å². The van der Waals surface area contributed by atoms with Crippen LogP contribution in [0, 0.1) is 22.7 Å². The SMILES string of the molecule is CC(C)(C#N)C(=O)N1CCC[C@H]2CCCC[C@H]21. The average Bonchev–Trinajstić information content (AvgIpc) is 2.37. The standard InChI is InChI=1S/C14H22N2O/c1-14(2,10-15)13(17)16-9-5-7-11-6-3-4-8-12(11)16/h11-12H,3-9H2,1-2H3/t11-,12-/m1/s1. The summed E-state index contributed by atoms with van der Waals surface area (Å²) in [6, 6.07) is 2.56. The van der Waals surface area contributed by atoms with Gasteiger partial charge in [-0.15, -0.1) is 0 Å². The summed E-state index contributed by atoms with van der Waals surface area (Å²) in [7, 11) is 0. The van der Waals surface area contributed by atoms with Gasteiger partial charge < -0.3 is 4.90 Å². The van der Waals surface area contributed by atoms with E-state index in [0.717, 1.165) is 19.4 Å². The Bertz CT molecular complexity index is 341. The molecular weight excluding hydrogens is 212 g/mol. The number of rotatable bonds is 1. The number of hydrogen-bond acceptors (Lipinski definition) is 2. The maximum atomic E-state index is 12.4. The van der Waals surface area contributed by atoms with E-state index in [0.29, 0.717) is 12.0 Å². The molecule has 3 heteroatoms. The molecule has 2 atom stereocenters. The lowest BCUT2D eigenvalue weighted by molar-refractivity contribution is -0.144. The number of carbonyl (C=O) groups excluding carboxylic acids is 1. The zero-order valence-corrected chi connectivity index (χ0v) is 10.9. The van der Waals surface area contributed by atoms with Crippen molar-refractivity contribution in [2.75, 3.05) is 6.54 Å².